The van der Waals surface area contributed by atoms with Gasteiger partial charge in [-0.15, -0.1) is 5.73 Å². The fraction of sp³-hybridized carbons (Fsp3) is 0.286. The van der Waals surface area contributed by atoms with E-state index < -0.39 is 3.79 Å². The first-order chi connectivity index (χ1) is 9.00. The average Bonchev–Trinajstić information content (AvgIpc) is 2.37. The molecule has 0 atom stereocenters. The molecule has 0 saturated heterocycles. The summed E-state index contributed by atoms with van der Waals surface area (Å²) in [6, 6.07) is 10.2. The summed E-state index contributed by atoms with van der Waals surface area (Å²) in [7, 11) is 0. The Morgan fingerprint density at radius 1 is 1.21 bits per heavy atom. The minimum atomic E-state index is -1.80. The van der Waals surface area contributed by atoms with E-state index in [2.05, 4.69) is 17.9 Å². The van der Waals surface area contributed by atoms with E-state index in [1.54, 1.807) is 6.08 Å². The van der Waals surface area contributed by atoms with Gasteiger partial charge in [0.2, 0.25) is 5.90 Å². The monoisotopic (exact) mass is 317 g/mol. The minimum absolute atomic E-state index is 0.161. The van der Waals surface area contributed by atoms with Gasteiger partial charge >= 0.3 is 0 Å². The quantitative estimate of drug-likeness (QED) is 0.363. The molecule has 0 radical (unpaired) electrons. The van der Waals surface area contributed by atoms with Gasteiger partial charge in [-0.1, -0.05) is 65.1 Å². The Morgan fingerprint density at radius 3 is 2.53 bits per heavy atom. The van der Waals surface area contributed by atoms with Crippen LogP contribution in [0.25, 0.3) is 0 Å². The lowest BCUT2D eigenvalue weighted by atomic mass is 10.1. The normalized spacial score (nSPS) is 10.5. The van der Waals surface area contributed by atoms with Crippen molar-refractivity contribution in [3.05, 3.63) is 53.8 Å². The highest BCUT2D eigenvalue weighted by atomic mass is 35.6. The van der Waals surface area contributed by atoms with Crippen LogP contribution in [0.5, 0.6) is 0 Å². The van der Waals surface area contributed by atoms with Crippen LogP contribution in [0.1, 0.15) is 12.0 Å². The Labute approximate surface area is 128 Å². The summed E-state index contributed by atoms with van der Waals surface area (Å²) in [5, 5.41) is 7.29. The summed E-state index contributed by atoms with van der Waals surface area (Å²) in [4.78, 5) is 0. The van der Waals surface area contributed by atoms with E-state index in [-0.39, 0.29) is 12.5 Å². The maximum Gasteiger partial charge on any atom is 0.265 e. The van der Waals surface area contributed by atoms with Crippen molar-refractivity contribution in [3.63, 3.8) is 0 Å². The number of benzene rings is 1. The number of nitrogens with one attached hydrogen (secondary N) is 1. The van der Waals surface area contributed by atoms with Crippen LogP contribution < -0.4 is 0 Å². The van der Waals surface area contributed by atoms with E-state index in [0.717, 1.165) is 12.8 Å². The lowest BCUT2D eigenvalue weighted by Gasteiger charge is -2.11. The largest absolute Gasteiger partial charge is 0.473 e. The van der Waals surface area contributed by atoms with E-state index >= 15 is 0 Å². The molecule has 1 aromatic rings. The van der Waals surface area contributed by atoms with Crippen LogP contribution >= 0.6 is 34.8 Å². The van der Waals surface area contributed by atoms with Gasteiger partial charge in [-0.2, -0.15) is 0 Å². The van der Waals surface area contributed by atoms with Gasteiger partial charge in [0.15, 0.2) is 0 Å². The zero-order valence-electron chi connectivity index (χ0n) is 10.2. The summed E-state index contributed by atoms with van der Waals surface area (Å²) in [6.45, 7) is 0.161. The highest BCUT2D eigenvalue weighted by Crippen LogP contribution is 2.27. The molecule has 2 nitrogen and oxygen atoms in total. The van der Waals surface area contributed by atoms with E-state index in [1.807, 2.05) is 24.3 Å². The van der Waals surface area contributed by atoms with Gasteiger partial charge in [0.05, 0.1) is 0 Å². The van der Waals surface area contributed by atoms with Crippen molar-refractivity contribution in [2.45, 2.75) is 16.6 Å². The van der Waals surface area contributed by atoms with Crippen LogP contribution in [0, 0.1) is 5.41 Å². The van der Waals surface area contributed by atoms with E-state index in [4.69, 9.17) is 44.9 Å². The molecule has 0 aromatic heterocycles. The molecule has 0 aliphatic carbocycles. The molecule has 19 heavy (non-hydrogen) atoms. The Kier molecular flexibility index (Phi) is 7.04. The van der Waals surface area contributed by atoms with Crippen LogP contribution in [0.15, 0.2) is 48.2 Å². The third-order valence-electron chi connectivity index (χ3n) is 2.22. The van der Waals surface area contributed by atoms with Crippen molar-refractivity contribution in [1.82, 2.24) is 0 Å². The van der Waals surface area contributed by atoms with Gasteiger partial charge in [-0.05, 0) is 30.6 Å². The highest BCUT2D eigenvalue weighted by molar-refractivity contribution is 6.76. The van der Waals surface area contributed by atoms with Gasteiger partial charge < -0.3 is 4.74 Å². The van der Waals surface area contributed by atoms with Gasteiger partial charge in [-0.25, -0.2) is 0 Å². The van der Waals surface area contributed by atoms with Crippen LogP contribution in [-0.4, -0.2) is 16.3 Å². The molecule has 0 heterocycles. The Balaban J connectivity index is 2.23. The molecule has 1 rings (SSSR count). The summed E-state index contributed by atoms with van der Waals surface area (Å²) >= 11 is 16.4. The fourth-order valence-corrected chi connectivity index (χ4v) is 1.47. The standard InChI is InChI=1S/C14H14Cl3NO/c15-14(16,17)13(18)19-11-7-2-1-4-8-12-9-5-3-6-10-12/h1,3,5-7,9-10,18H,4,8,11H2. The number of hydrogen-bond donors (Lipinski definition) is 1. The van der Waals surface area contributed by atoms with Gasteiger partial charge in [0.1, 0.15) is 6.61 Å². The van der Waals surface area contributed by atoms with Crippen molar-refractivity contribution in [3.8, 4) is 0 Å². The van der Waals surface area contributed by atoms with E-state index in [1.165, 1.54) is 5.56 Å². The van der Waals surface area contributed by atoms with Crippen molar-refractivity contribution in [2.75, 3.05) is 6.61 Å². The second-order valence-electron chi connectivity index (χ2n) is 3.74. The second kappa shape index (κ2) is 8.29. The molecule has 1 N–H and O–H groups in total. The van der Waals surface area contributed by atoms with E-state index in [0.29, 0.717) is 0 Å². The number of halogens is 3. The van der Waals surface area contributed by atoms with Crippen LogP contribution in [0.3, 0.4) is 0 Å². The molecule has 1 aromatic carbocycles. The molecule has 0 saturated carbocycles. The molecule has 0 unspecified atom stereocenters. The zero-order valence-corrected chi connectivity index (χ0v) is 12.5. The van der Waals surface area contributed by atoms with Crippen LogP contribution in [0.4, 0.5) is 0 Å². The molecular weight excluding hydrogens is 305 g/mol. The minimum Gasteiger partial charge on any atom is -0.473 e. The molecular formula is C14H14Cl3NO. The molecule has 0 bridgehead atoms. The first-order valence-corrected chi connectivity index (χ1v) is 6.85. The maximum atomic E-state index is 7.29. The van der Waals surface area contributed by atoms with Crippen LogP contribution in [-0.2, 0) is 11.2 Å². The van der Waals surface area contributed by atoms with Gasteiger partial charge in [-0.3, -0.25) is 5.41 Å². The summed E-state index contributed by atoms with van der Waals surface area (Å²) < 4.78 is 3.12. The van der Waals surface area contributed by atoms with E-state index in [9.17, 15) is 0 Å². The third kappa shape index (κ3) is 7.29. The van der Waals surface area contributed by atoms with Crippen molar-refractivity contribution in [2.24, 2.45) is 0 Å². The molecule has 102 valence electrons. The van der Waals surface area contributed by atoms with Crippen molar-refractivity contribution < 1.29 is 4.74 Å². The number of ether oxygens (including phenoxy) is 1. The molecule has 0 spiro atoms. The summed E-state index contributed by atoms with van der Waals surface area (Å²) in [6.07, 6.45) is 5.42. The van der Waals surface area contributed by atoms with Crippen LogP contribution in [0.2, 0.25) is 0 Å². The molecule has 0 amide bonds. The molecule has 0 aliphatic heterocycles. The Bertz CT molecular complexity index is 459. The smallest absolute Gasteiger partial charge is 0.265 e. The summed E-state index contributed by atoms with van der Waals surface area (Å²) in [5.74, 6) is -0.389. The fourth-order valence-electron chi connectivity index (χ4n) is 1.31. The molecule has 5 heteroatoms. The predicted octanol–water partition coefficient (Wildman–Crippen LogP) is 4.69. The maximum absolute atomic E-state index is 7.29. The Morgan fingerprint density at radius 2 is 1.89 bits per heavy atom. The zero-order chi connectivity index (χ0) is 14.1. The Hall–Kier alpha value is -0.920. The number of alkyl halides is 3. The first kappa shape index (κ1) is 16.1. The lowest BCUT2D eigenvalue weighted by molar-refractivity contribution is 0.340. The second-order valence-corrected chi connectivity index (χ2v) is 6.02. The first-order valence-electron chi connectivity index (χ1n) is 5.72. The van der Waals surface area contributed by atoms with Crippen molar-refractivity contribution in [1.29, 1.82) is 5.41 Å². The van der Waals surface area contributed by atoms with Gasteiger partial charge in [0, 0.05) is 0 Å². The van der Waals surface area contributed by atoms with Crippen molar-refractivity contribution >= 4 is 40.7 Å². The average molecular weight is 319 g/mol. The number of hydrogen-bond acceptors (Lipinski definition) is 2. The molecule has 0 aliphatic rings. The third-order valence-corrected chi connectivity index (χ3v) is 2.74. The molecule has 0 fully saturated rings. The predicted molar refractivity (Wildman–Crippen MR) is 81.4 cm³/mol. The number of aryl methyl sites for hydroxylation is 1. The SMILES string of the molecule is N=C(OCC=C=CCCc1ccccc1)C(Cl)(Cl)Cl. The topological polar surface area (TPSA) is 33.1 Å². The highest BCUT2D eigenvalue weighted by Gasteiger charge is 2.28. The lowest BCUT2D eigenvalue weighted by Crippen LogP contribution is -2.21. The number of rotatable bonds is 5. The summed E-state index contributed by atoms with van der Waals surface area (Å²) in [5.41, 5.74) is 4.25. The van der Waals surface area contributed by atoms with Gasteiger partial charge in [0.25, 0.3) is 3.79 Å².